The van der Waals surface area contributed by atoms with Crippen LogP contribution in [-0.4, -0.2) is 44.6 Å². The fourth-order valence-electron chi connectivity index (χ4n) is 2.93. The van der Waals surface area contributed by atoms with Crippen LogP contribution in [0, 0.1) is 12.7 Å². The molecule has 3 rings (SSSR count). The van der Waals surface area contributed by atoms with Gasteiger partial charge < -0.3 is 10.2 Å². The van der Waals surface area contributed by atoms with Crippen LogP contribution in [0.25, 0.3) is 0 Å². The average Bonchev–Trinajstić information content (AvgIpc) is 3.13. The Labute approximate surface area is 152 Å². The summed E-state index contributed by atoms with van der Waals surface area (Å²) < 4.78 is 40.3. The maximum Gasteiger partial charge on any atom is 0.240 e. The number of halogens is 1. The maximum absolute atomic E-state index is 13.1. The zero-order valence-electron chi connectivity index (χ0n) is 14.6. The van der Waals surface area contributed by atoms with E-state index in [0.717, 1.165) is 37.8 Å². The van der Waals surface area contributed by atoms with Gasteiger partial charge in [0.05, 0.1) is 4.90 Å². The number of nitrogens with zero attached hydrogens (tertiary/aromatic N) is 3. The molecule has 7 nitrogen and oxygen atoms in total. The number of aryl methyl sites for hydroxylation is 1. The van der Waals surface area contributed by atoms with Gasteiger partial charge in [-0.3, -0.25) is 0 Å². The summed E-state index contributed by atoms with van der Waals surface area (Å²) in [6.45, 7) is 4.11. The molecule has 0 aliphatic carbocycles. The third kappa shape index (κ3) is 4.47. The molecule has 0 atom stereocenters. The Morgan fingerprint density at radius 2 is 1.92 bits per heavy atom. The molecule has 9 heteroatoms. The average molecular weight is 379 g/mol. The van der Waals surface area contributed by atoms with Crippen LogP contribution >= 0.6 is 0 Å². The highest BCUT2D eigenvalue weighted by Crippen LogP contribution is 2.19. The van der Waals surface area contributed by atoms with Gasteiger partial charge in [0.25, 0.3) is 0 Å². The van der Waals surface area contributed by atoms with E-state index in [0.29, 0.717) is 17.9 Å². The summed E-state index contributed by atoms with van der Waals surface area (Å²) in [6, 6.07) is 5.48. The zero-order valence-corrected chi connectivity index (χ0v) is 15.4. The summed E-state index contributed by atoms with van der Waals surface area (Å²) in [6.07, 6.45) is 3.83. The van der Waals surface area contributed by atoms with Gasteiger partial charge in [-0.15, -0.1) is 0 Å². The van der Waals surface area contributed by atoms with E-state index in [9.17, 15) is 12.8 Å². The first-order valence-electron chi connectivity index (χ1n) is 8.52. The number of aromatic nitrogens is 2. The molecule has 1 fully saturated rings. The zero-order chi connectivity index (χ0) is 18.6. The summed E-state index contributed by atoms with van der Waals surface area (Å²) in [4.78, 5) is 10.7. The molecule has 1 aliphatic rings. The Kier molecular flexibility index (Phi) is 5.67. The fraction of sp³-hybridized carbons (Fsp3) is 0.412. The molecule has 0 radical (unpaired) electrons. The summed E-state index contributed by atoms with van der Waals surface area (Å²) in [7, 11) is -3.68. The van der Waals surface area contributed by atoms with E-state index in [1.165, 1.54) is 18.5 Å². The molecule has 1 saturated heterocycles. The van der Waals surface area contributed by atoms with Crippen molar-refractivity contribution in [3.8, 4) is 0 Å². The molecule has 2 aromatic rings. The van der Waals surface area contributed by atoms with Crippen molar-refractivity contribution in [2.24, 2.45) is 0 Å². The predicted molar refractivity (Wildman–Crippen MR) is 98.3 cm³/mol. The minimum absolute atomic E-state index is 0.0808. The van der Waals surface area contributed by atoms with Crippen molar-refractivity contribution in [1.29, 1.82) is 0 Å². The number of benzene rings is 1. The van der Waals surface area contributed by atoms with Crippen molar-refractivity contribution >= 4 is 21.7 Å². The van der Waals surface area contributed by atoms with E-state index in [2.05, 4.69) is 24.9 Å². The molecule has 0 unspecified atom stereocenters. The van der Waals surface area contributed by atoms with Crippen LogP contribution in [0.1, 0.15) is 18.4 Å². The SMILES string of the molecule is Cc1cc(F)ccc1S(=O)(=O)NCCNc1cc(N2CCCC2)ncn1. The smallest absolute Gasteiger partial charge is 0.240 e. The standard InChI is InChI=1S/C17H22FN5O2S/c1-13-10-14(18)4-5-15(13)26(24,25)22-7-6-19-16-11-17(21-12-20-16)23-8-2-3-9-23/h4-5,10-12,22H,2-3,6-9H2,1H3,(H,19,20,21). The van der Waals surface area contributed by atoms with Gasteiger partial charge in [0.15, 0.2) is 0 Å². The number of rotatable bonds is 7. The molecular formula is C17H22FN5O2S. The van der Waals surface area contributed by atoms with Gasteiger partial charge in [-0.2, -0.15) is 0 Å². The van der Waals surface area contributed by atoms with Gasteiger partial charge in [0, 0.05) is 32.2 Å². The molecule has 0 bridgehead atoms. The molecule has 2 N–H and O–H groups in total. The van der Waals surface area contributed by atoms with Crippen molar-refractivity contribution in [3.63, 3.8) is 0 Å². The van der Waals surface area contributed by atoms with E-state index < -0.39 is 15.8 Å². The van der Waals surface area contributed by atoms with Gasteiger partial charge in [-0.05, 0) is 43.5 Å². The minimum atomic E-state index is -3.68. The largest absolute Gasteiger partial charge is 0.369 e. The van der Waals surface area contributed by atoms with Crippen LogP contribution < -0.4 is 14.9 Å². The first kappa shape index (κ1) is 18.5. The minimum Gasteiger partial charge on any atom is -0.369 e. The third-order valence-corrected chi connectivity index (χ3v) is 5.85. The molecule has 1 aromatic carbocycles. The second-order valence-corrected chi connectivity index (χ2v) is 7.93. The lowest BCUT2D eigenvalue weighted by Crippen LogP contribution is -2.29. The Morgan fingerprint density at radius 1 is 1.15 bits per heavy atom. The van der Waals surface area contributed by atoms with E-state index in [-0.39, 0.29) is 11.4 Å². The Balaban J connectivity index is 1.54. The second-order valence-electron chi connectivity index (χ2n) is 6.19. The van der Waals surface area contributed by atoms with Gasteiger partial charge in [-0.1, -0.05) is 0 Å². The van der Waals surface area contributed by atoms with Crippen molar-refractivity contribution in [3.05, 3.63) is 42.0 Å². The van der Waals surface area contributed by atoms with Gasteiger partial charge >= 0.3 is 0 Å². The van der Waals surface area contributed by atoms with E-state index in [1.807, 2.05) is 6.07 Å². The first-order valence-corrected chi connectivity index (χ1v) is 10.0. The Morgan fingerprint density at radius 3 is 2.65 bits per heavy atom. The Bertz CT molecular complexity index is 869. The van der Waals surface area contributed by atoms with Crippen molar-refractivity contribution in [2.45, 2.75) is 24.7 Å². The number of sulfonamides is 1. The highest BCUT2D eigenvalue weighted by Gasteiger charge is 2.17. The lowest BCUT2D eigenvalue weighted by Gasteiger charge is -2.16. The topological polar surface area (TPSA) is 87.2 Å². The van der Waals surface area contributed by atoms with Crippen molar-refractivity contribution in [2.75, 3.05) is 36.4 Å². The van der Waals surface area contributed by atoms with Gasteiger partial charge in [-0.25, -0.2) is 27.5 Å². The number of hydrogen-bond acceptors (Lipinski definition) is 6. The van der Waals surface area contributed by atoms with Gasteiger partial charge in [0.2, 0.25) is 10.0 Å². The van der Waals surface area contributed by atoms with Crippen LogP contribution in [-0.2, 0) is 10.0 Å². The molecular weight excluding hydrogens is 357 g/mol. The van der Waals surface area contributed by atoms with Crippen molar-refractivity contribution < 1.29 is 12.8 Å². The summed E-state index contributed by atoms with van der Waals surface area (Å²) in [5, 5.41) is 3.09. The lowest BCUT2D eigenvalue weighted by atomic mass is 10.2. The van der Waals surface area contributed by atoms with Crippen LogP contribution in [0.15, 0.2) is 35.5 Å². The second kappa shape index (κ2) is 7.96. The monoisotopic (exact) mass is 379 g/mol. The predicted octanol–water partition coefficient (Wildman–Crippen LogP) is 1.91. The molecule has 2 heterocycles. The molecule has 1 aliphatic heterocycles. The van der Waals surface area contributed by atoms with Crippen molar-refractivity contribution in [1.82, 2.24) is 14.7 Å². The van der Waals surface area contributed by atoms with Crippen LogP contribution in [0.4, 0.5) is 16.0 Å². The maximum atomic E-state index is 13.1. The fourth-order valence-corrected chi connectivity index (χ4v) is 4.19. The van der Waals surface area contributed by atoms with Crippen LogP contribution in [0.5, 0.6) is 0 Å². The highest BCUT2D eigenvalue weighted by molar-refractivity contribution is 7.89. The summed E-state index contributed by atoms with van der Waals surface area (Å²) >= 11 is 0. The summed E-state index contributed by atoms with van der Waals surface area (Å²) in [5.41, 5.74) is 0.372. The third-order valence-electron chi connectivity index (χ3n) is 4.23. The number of nitrogens with one attached hydrogen (secondary N) is 2. The number of hydrogen-bond donors (Lipinski definition) is 2. The summed E-state index contributed by atoms with van der Waals surface area (Å²) in [5.74, 6) is 1.07. The molecule has 0 amide bonds. The number of anilines is 2. The molecule has 140 valence electrons. The molecule has 0 spiro atoms. The normalized spacial score (nSPS) is 14.6. The highest BCUT2D eigenvalue weighted by atomic mass is 32.2. The lowest BCUT2D eigenvalue weighted by molar-refractivity contribution is 0.581. The van der Waals surface area contributed by atoms with E-state index >= 15 is 0 Å². The molecule has 26 heavy (non-hydrogen) atoms. The van der Waals surface area contributed by atoms with Crippen LogP contribution in [0.3, 0.4) is 0 Å². The van der Waals surface area contributed by atoms with Gasteiger partial charge in [0.1, 0.15) is 23.8 Å². The quantitative estimate of drug-likeness (QED) is 0.715. The molecule has 0 saturated carbocycles. The molecule has 1 aromatic heterocycles. The van der Waals surface area contributed by atoms with E-state index in [1.54, 1.807) is 6.92 Å². The Hall–Kier alpha value is -2.26. The first-order chi connectivity index (χ1) is 12.5. The van der Waals surface area contributed by atoms with E-state index in [4.69, 9.17) is 0 Å². The van der Waals surface area contributed by atoms with Crippen LogP contribution in [0.2, 0.25) is 0 Å².